The molecule has 0 bridgehead atoms. The van der Waals surface area contributed by atoms with Gasteiger partial charge in [0.05, 0.1) is 31.1 Å². The van der Waals surface area contributed by atoms with E-state index in [4.69, 9.17) is 9.84 Å². The highest BCUT2D eigenvalue weighted by atomic mass is 32.1. The van der Waals surface area contributed by atoms with Crippen LogP contribution in [-0.4, -0.2) is 14.9 Å². The van der Waals surface area contributed by atoms with E-state index >= 15 is 0 Å². The van der Waals surface area contributed by atoms with Gasteiger partial charge in [0.25, 0.3) is 0 Å². The molecule has 2 aromatic heterocycles. The van der Waals surface area contributed by atoms with Gasteiger partial charge in [-0.2, -0.15) is 16.4 Å². The Morgan fingerprint density at radius 2 is 2.56 bits per heavy atom. The van der Waals surface area contributed by atoms with Gasteiger partial charge in [-0.25, -0.2) is 0 Å². The van der Waals surface area contributed by atoms with Crippen molar-refractivity contribution in [3.8, 4) is 0 Å². The summed E-state index contributed by atoms with van der Waals surface area (Å²) in [5, 5.41) is 17.5. The van der Waals surface area contributed by atoms with Gasteiger partial charge >= 0.3 is 0 Å². The lowest BCUT2D eigenvalue weighted by Gasteiger charge is -2.23. The van der Waals surface area contributed by atoms with E-state index in [0.29, 0.717) is 12.3 Å². The quantitative estimate of drug-likeness (QED) is 0.863. The van der Waals surface area contributed by atoms with Crippen LogP contribution in [-0.2, 0) is 24.5 Å². The summed E-state index contributed by atoms with van der Waals surface area (Å²) < 4.78 is 7.70. The smallest absolute Gasteiger partial charge is 0.103 e. The van der Waals surface area contributed by atoms with Gasteiger partial charge in [0.15, 0.2) is 0 Å². The highest BCUT2D eigenvalue weighted by molar-refractivity contribution is 7.07. The minimum Gasteiger partial charge on any atom is -0.390 e. The van der Waals surface area contributed by atoms with Crippen molar-refractivity contribution in [3.63, 3.8) is 0 Å². The van der Waals surface area contributed by atoms with Gasteiger partial charge in [-0.15, -0.1) is 0 Å². The van der Waals surface area contributed by atoms with E-state index < -0.39 is 0 Å². The summed E-state index contributed by atoms with van der Waals surface area (Å²) in [6.07, 6.45) is 0.0881. The zero-order valence-electron chi connectivity index (χ0n) is 8.67. The van der Waals surface area contributed by atoms with E-state index in [2.05, 4.69) is 21.9 Å². The summed E-state index contributed by atoms with van der Waals surface area (Å²) in [6.45, 7) is 1.28. The molecular formula is C11H12N2O2S. The number of hydrogen-bond acceptors (Lipinski definition) is 4. The molecule has 3 heterocycles. The molecule has 84 valence electrons. The molecule has 0 fully saturated rings. The number of nitrogens with zero attached hydrogens (tertiary/aromatic N) is 2. The van der Waals surface area contributed by atoms with Crippen LogP contribution in [0.1, 0.15) is 23.1 Å². The van der Waals surface area contributed by atoms with Gasteiger partial charge < -0.3 is 9.84 Å². The third-order valence-electron chi connectivity index (χ3n) is 2.76. The Bertz CT molecular complexity index is 478. The summed E-state index contributed by atoms with van der Waals surface area (Å²) in [5.41, 5.74) is 2.96. The molecule has 3 rings (SSSR count). The first-order valence-corrected chi connectivity index (χ1v) is 6.11. The fourth-order valence-corrected chi connectivity index (χ4v) is 2.62. The molecule has 2 aromatic rings. The summed E-state index contributed by atoms with van der Waals surface area (Å²) in [7, 11) is 0. The zero-order valence-corrected chi connectivity index (χ0v) is 9.48. The van der Waals surface area contributed by atoms with Crippen LogP contribution in [0.4, 0.5) is 0 Å². The molecule has 1 atom stereocenters. The number of thiophene rings is 1. The van der Waals surface area contributed by atoms with Gasteiger partial charge in [0.2, 0.25) is 0 Å². The molecule has 0 aliphatic carbocycles. The largest absolute Gasteiger partial charge is 0.390 e. The molecule has 1 N–H and O–H groups in total. The van der Waals surface area contributed by atoms with E-state index in [0.717, 1.165) is 12.2 Å². The fraction of sp³-hybridized carbons (Fsp3) is 0.364. The van der Waals surface area contributed by atoms with Crippen LogP contribution < -0.4 is 0 Å². The topological polar surface area (TPSA) is 47.3 Å². The third kappa shape index (κ3) is 1.67. The second-order valence-corrected chi connectivity index (χ2v) is 4.60. The Kier molecular flexibility index (Phi) is 2.51. The monoisotopic (exact) mass is 236 g/mol. The predicted molar refractivity (Wildman–Crippen MR) is 60.0 cm³/mol. The molecule has 0 spiro atoms. The van der Waals surface area contributed by atoms with Crippen molar-refractivity contribution >= 4 is 11.3 Å². The highest BCUT2D eigenvalue weighted by Gasteiger charge is 2.22. The van der Waals surface area contributed by atoms with Crippen molar-refractivity contribution in [3.05, 3.63) is 39.8 Å². The Morgan fingerprint density at radius 3 is 3.31 bits per heavy atom. The van der Waals surface area contributed by atoms with Crippen molar-refractivity contribution in [2.45, 2.75) is 25.9 Å². The molecule has 0 saturated heterocycles. The molecule has 0 radical (unpaired) electrons. The van der Waals surface area contributed by atoms with E-state index in [-0.39, 0.29) is 12.7 Å². The average Bonchev–Trinajstić information content (AvgIpc) is 2.96. The number of aliphatic hydroxyl groups excluding tert-OH is 1. The summed E-state index contributed by atoms with van der Waals surface area (Å²) in [4.78, 5) is 0. The number of fused-ring (bicyclic) bond motifs is 1. The van der Waals surface area contributed by atoms with Gasteiger partial charge in [0, 0.05) is 0 Å². The SMILES string of the molecule is OCc1cc2n(n1)C[C@@H](c1ccsc1)OC2. The van der Waals surface area contributed by atoms with Crippen molar-refractivity contribution in [2.24, 2.45) is 0 Å². The number of ether oxygens (including phenoxy) is 1. The second-order valence-electron chi connectivity index (χ2n) is 3.82. The number of rotatable bonds is 2. The van der Waals surface area contributed by atoms with Gasteiger partial charge in [0.1, 0.15) is 6.10 Å². The number of hydrogen-bond donors (Lipinski definition) is 1. The van der Waals surface area contributed by atoms with Gasteiger partial charge in [-0.1, -0.05) is 0 Å². The molecule has 4 nitrogen and oxygen atoms in total. The first-order valence-electron chi connectivity index (χ1n) is 5.17. The maximum absolute atomic E-state index is 9.02. The molecule has 0 aromatic carbocycles. The molecule has 1 aliphatic heterocycles. The lowest BCUT2D eigenvalue weighted by atomic mass is 10.2. The summed E-state index contributed by atoms with van der Waals surface area (Å²) in [6, 6.07) is 3.97. The lowest BCUT2D eigenvalue weighted by molar-refractivity contribution is -0.000991. The van der Waals surface area contributed by atoms with Gasteiger partial charge in [-0.05, 0) is 28.5 Å². The Labute approximate surface area is 97.1 Å². The third-order valence-corrected chi connectivity index (χ3v) is 3.46. The molecule has 0 amide bonds. The average molecular weight is 236 g/mol. The van der Waals surface area contributed by atoms with E-state index in [9.17, 15) is 0 Å². The zero-order chi connectivity index (χ0) is 11.0. The van der Waals surface area contributed by atoms with E-state index in [1.807, 2.05) is 10.7 Å². The van der Waals surface area contributed by atoms with E-state index in [1.54, 1.807) is 11.3 Å². The Morgan fingerprint density at radius 1 is 1.62 bits per heavy atom. The number of aromatic nitrogens is 2. The Hall–Kier alpha value is -1.17. The van der Waals surface area contributed by atoms with Crippen LogP contribution in [0, 0.1) is 0 Å². The molecule has 16 heavy (non-hydrogen) atoms. The molecule has 0 unspecified atom stereocenters. The number of aliphatic hydroxyl groups is 1. The summed E-state index contributed by atoms with van der Waals surface area (Å²) in [5.74, 6) is 0. The first-order chi connectivity index (χ1) is 7.86. The minimum absolute atomic E-state index is 0.0108. The first kappa shape index (κ1) is 10.0. The van der Waals surface area contributed by atoms with Gasteiger partial charge in [-0.3, -0.25) is 4.68 Å². The fourth-order valence-electron chi connectivity index (χ4n) is 1.92. The highest BCUT2D eigenvalue weighted by Crippen LogP contribution is 2.27. The van der Waals surface area contributed by atoms with Crippen LogP contribution in [0.15, 0.2) is 22.9 Å². The normalized spacial score (nSPS) is 19.7. The minimum atomic E-state index is -0.0108. The van der Waals surface area contributed by atoms with Crippen LogP contribution >= 0.6 is 11.3 Å². The van der Waals surface area contributed by atoms with E-state index in [1.165, 1.54) is 5.56 Å². The maximum atomic E-state index is 9.02. The van der Waals surface area contributed by atoms with Crippen molar-refractivity contribution in [2.75, 3.05) is 0 Å². The van der Waals surface area contributed by atoms with Crippen LogP contribution in [0.5, 0.6) is 0 Å². The van der Waals surface area contributed by atoms with Crippen molar-refractivity contribution < 1.29 is 9.84 Å². The van der Waals surface area contributed by atoms with Crippen LogP contribution in [0.2, 0.25) is 0 Å². The predicted octanol–water partition coefficient (Wildman–Crippen LogP) is 1.71. The molecule has 1 aliphatic rings. The van der Waals surface area contributed by atoms with Crippen molar-refractivity contribution in [1.29, 1.82) is 0 Å². The molecule has 0 saturated carbocycles. The standard InChI is InChI=1S/C11H12N2O2S/c14-5-9-3-10-6-15-11(4-13(10)12-9)8-1-2-16-7-8/h1-3,7,11,14H,4-6H2/t11-/m0/s1. The van der Waals surface area contributed by atoms with Crippen LogP contribution in [0.25, 0.3) is 0 Å². The maximum Gasteiger partial charge on any atom is 0.103 e. The molecular weight excluding hydrogens is 224 g/mol. The second kappa shape index (κ2) is 4.01. The van der Waals surface area contributed by atoms with Crippen molar-refractivity contribution in [1.82, 2.24) is 9.78 Å². The lowest BCUT2D eigenvalue weighted by Crippen LogP contribution is -2.21. The Balaban J connectivity index is 1.85. The summed E-state index contributed by atoms with van der Waals surface area (Å²) >= 11 is 1.67. The van der Waals surface area contributed by atoms with Crippen LogP contribution in [0.3, 0.4) is 0 Å². The molecule has 5 heteroatoms.